The molecule has 0 radical (unpaired) electrons. The van der Waals surface area contributed by atoms with Gasteiger partial charge in [0.1, 0.15) is 12.4 Å². The minimum atomic E-state index is -0.280. The molecule has 5 heteroatoms. The Morgan fingerprint density at radius 1 is 1.09 bits per heavy atom. The van der Waals surface area contributed by atoms with E-state index in [1.807, 2.05) is 12.1 Å². The molecule has 1 aliphatic rings. The molecular weight excluding hydrogens is 293 g/mol. The average Bonchev–Trinajstić information content (AvgIpc) is 2.91. The van der Waals surface area contributed by atoms with Crippen molar-refractivity contribution in [3.05, 3.63) is 65.5 Å². The number of aryl methyl sites for hydroxylation is 1. The predicted molar refractivity (Wildman–Crippen MR) is 87.2 cm³/mol. The van der Waals surface area contributed by atoms with Gasteiger partial charge in [0.2, 0.25) is 0 Å². The van der Waals surface area contributed by atoms with Crippen molar-refractivity contribution in [2.75, 3.05) is 11.9 Å². The average molecular weight is 312 g/mol. The van der Waals surface area contributed by atoms with Crippen molar-refractivity contribution in [1.82, 2.24) is 4.90 Å². The summed E-state index contributed by atoms with van der Waals surface area (Å²) in [5.74, 6) is 0.364. The number of nitrogens with one attached hydrogen (secondary N) is 2. The van der Waals surface area contributed by atoms with Crippen LogP contribution in [0.4, 0.5) is 10.1 Å². The minimum absolute atomic E-state index is 0.0120. The Morgan fingerprint density at radius 3 is 2.39 bits per heavy atom. The summed E-state index contributed by atoms with van der Waals surface area (Å²) < 4.78 is 13.0. The largest absolute Gasteiger partial charge is 0.358 e. The van der Waals surface area contributed by atoms with Gasteiger partial charge in [0, 0.05) is 0 Å². The Morgan fingerprint density at radius 2 is 1.74 bits per heavy atom. The Balaban J connectivity index is 1.72. The zero-order valence-electron chi connectivity index (χ0n) is 13.0. The highest BCUT2D eigenvalue weighted by atomic mass is 19.1. The number of anilines is 1. The second-order valence-electron chi connectivity index (χ2n) is 5.48. The minimum Gasteiger partial charge on any atom is -0.266 e. The van der Waals surface area contributed by atoms with Crippen LogP contribution in [0.15, 0.2) is 48.5 Å². The van der Waals surface area contributed by atoms with Gasteiger partial charge in [0.05, 0.1) is 5.69 Å². The normalized spacial score (nSPS) is 14.1. The van der Waals surface area contributed by atoms with Crippen molar-refractivity contribution in [2.24, 2.45) is 0 Å². The summed E-state index contributed by atoms with van der Waals surface area (Å²) in [5.41, 5.74) is 3.06. The molecule has 0 saturated carbocycles. The van der Waals surface area contributed by atoms with Crippen molar-refractivity contribution in [2.45, 2.75) is 19.9 Å². The molecule has 1 aliphatic heterocycles. The first-order valence-corrected chi connectivity index (χ1v) is 7.67. The van der Waals surface area contributed by atoms with Crippen molar-refractivity contribution in [3.63, 3.8) is 0 Å². The zero-order valence-corrected chi connectivity index (χ0v) is 13.0. The summed E-state index contributed by atoms with van der Waals surface area (Å²) in [4.78, 5) is 16.8. The third-order valence-electron chi connectivity index (χ3n) is 3.86. The highest BCUT2D eigenvalue weighted by Crippen LogP contribution is 2.12. The van der Waals surface area contributed by atoms with E-state index in [0.717, 1.165) is 17.7 Å². The topological polar surface area (TPSA) is 46.3 Å². The summed E-state index contributed by atoms with van der Waals surface area (Å²) in [6.07, 6.45) is 0.990. The molecule has 0 unspecified atom stereocenters. The van der Waals surface area contributed by atoms with Crippen LogP contribution in [0.3, 0.4) is 0 Å². The van der Waals surface area contributed by atoms with E-state index in [4.69, 9.17) is 0 Å². The lowest BCUT2D eigenvalue weighted by Gasteiger charge is -2.12. The molecule has 2 aromatic rings. The van der Waals surface area contributed by atoms with Gasteiger partial charge in [-0.15, -0.1) is 0 Å². The fourth-order valence-electron chi connectivity index (χ4n) is 2.49. The summed E-state index contributed by atoms with van der Waals surface area (Å²) in [5, 5.41) is 3.24. The lowest BCUT2D eigenvalue weighted by molar-refractivity contribution is -0.438. The van der Waals surface area contributed by atoms with E-state index in [1.54, 1.807) is 17.0 Å². The van der Waals surface area contributed by atoms with Gasteiger partial charge in [-0.3, -0.25) is 9.79 Å². The second-order valence-corrected chi connectivity index (χ2v) is 5.48. The van der Waals surface area contributed by atoms with E-state index in [1.165, 1.54) is 17.7 Å². The molecule has 118 valence electrons. The third kappa shape index (κ3) is 3.56. The first-order valence-electron chi connectivity index (χ1n) is 7.67. The maximum absolute atomic E-state index is 13.0. The summed E-state index contributed by atoms with van der Waals surface area (Å²) in [6, 6.07) is 14.3. The molecule has 1 amide bonds. The third-order valence-corrected chi connectivity index (χ3v) is 3.86. The van der Waals surface area contributed by atoms with Gasteiger partial charge in [-0.2, -0.15) is 4.90 Å². The number of hydrogen-bond acceptors (Lipinski definition) is 2. The predicted octanol–water partition coefficient (Wildman–Crippen LogP) is 1.28. The van der Waals surface area contributed by atoms with Gasteiger partial charge in [0.25, 0.3) is 0 Å². The van der Waals surface area contributed by atoms with Gasteiger partial charge < -0.3 is 0 Å². The van der Waals surface area contributed by atoms with Crippen LogP contribution in [0.2, 0.25) is 0 Å². The Bertz CT molecular complexity index is 723. The van der Waals surface area contributed by atoms with Crippen LogP contribution in [-0.2, 0) is 17.8 Å². The first-order chi connectivity index (χ1) is 11.2. The molecule has 0 bridgehead atoms. The monoisotopic (exact) mass is 312 g/mol. The molecule has 3 rings (SSSR count). The molecule has 23 heavy (non-hydrogen) atoms. The molecular formula is C18H19FN3O+. The van der Waals surface area contributed by atoms with Gasteiger partial charge in [-0.1, -0.05) is 31.2 Å². The van der Waals surface area contributed by atoms with E-state index < -0.39 is 0 Å². The van der Waals surface area contributed by atoms with E-state index in [2.05, 4.69) is 29.4 Å². The smallest absolute Gasteiger partial charge is 0.266 e. The molecule has 0 aromatic heterocycles. The number of guanidine groups is 1. The van der Waals surface area contributed by atoms with Gasteiger partial charge in [-0.25, -0.2) is 9.71 Å². The molecule has 0 atom stereocenters. The van der Waals surface area contributed by atoms with Crippen LogP contribution < -0.4 is 10.3 Å². The van der Waals surface area contributed by atoms with Crippen molar-refractivity contribution in [1.29, 1.82) is 0 Å². The SMILES string of the molecule is CCc1ccc(NC2=[NH+]CC(=O)N2Cc2ccc(F)cc2)cc1. The Hall–Kier alpha value is -2.69. The second kappa shape index (κ2) is 6.60. The number of amides is 1. The molecule has 0 aliphatic carbocycles. The highest BCUT2D eigenvalue weighted by molar-refractivity contribution is 6.04. The van der Waals surface area contributed by atoms with Crippen LogP contribution in [0.5, 0.6) is 0 Å². The lowest BCUT2D eigenvalue weighted by Crippen LogP contribution is -2.72. The molecule has 2 N–H and O–H groups in total. The standard InChI is InChI=1S/C18H18FN3O/c1-2-13-5-9-16(10-6-13)21-18-20-11-17(23)22(18)12-14-3-7-15(19)8-4-14/h3-10H,2,11-12H2,1H3,(H,20,21)/p+1. The van der Waals surface area contributed by atoms with E-state index in [-0.39, 0.29) is 18.3 Å². The number of rotatable bonds is 4. The van der Waals surface area contributed by atoms with Crippen molar-refractivity contribution < 1.29 is 14.2 Å². The summed E-state index contributed by atoms with van der Waals surface area (Å²) >= 11 is 0. The van der Waals surface area contributed by atoms with Crippen LogP contribution in [0.25, 0.3) is 0 Å². The van der Waals surface area contributed by atoms with Crippen LogP contribution >= 0.6 is 0 Å². The maximum atomic E-state index is 13.0. The summed E-state index contributed by atoms with van der Waals surface area (Å²) in [6.45, 7) is 2.77. The Kier molecular flexibility index (Phi) is 4.37. The molecule has 0 spiro atoms. The summed E-state index contributed by atoms with van der Waals surface area (Å²) in [7, 11) is 0. The first kappa shape index (κ1) is 15.2. The Labute approximate surface area is 134 Å². The fourth-order valence-corrected chi connectivity index (χ4v) is 2.49. The fraction of sp³-hybridized carbons (Fsp3) is 0.222. The van der Waals surface area contributed by atoms with Crippen molar-refractivity contribution >= 4 is 17.6 Å². The number of hydrogen-bond donors (Lipinski definition) is 2. The highest BCUT2D eigenvalue weighted by Gasteiger charge is 2.32. The van der Waals surface area contributed by atoms with Gasteiger partial charge >= 0.3 is 11.9 Å². The van der Waals surface area contributed by atoms with Crippen LogP contribution in [0.1, 0.15) is 18.1 Å². The van der Waals surface area contributed by atoms with Gasteiger partial charge in [0.15, 0.2) is 6.54 Å². The number of halogens is 1. The quantitative estimate of drug-likeness (QED) is 0.893. The van der Waals surface area contributed by atoms with E-state index >= 15 is 0 Å². The molecule has 4 nitrogen and oxygen atoms in total. The van der Waals surface area contributed by atoms with E-state index in [9.17, 15) is 9.18 Å². The number of benzene rings is 2. The van der Waals surface area contributed by atoms with Crippen molar-refractivity contribution in [3.8, 4) is 0 Å². The number of carbonyl (C=O) groups excluding carboxylic acids is 1. The van der Waals surface area contributed by atoms with E-state index in [0.29, 0.717) is 12.5 Å². The number of nitrogens with zero attached hydrogens (tertiary/aromatic N) is 1. The molecule has 0 saturated heterocycles. The van der Waals surface area contributed by atoms with Gasteiger partial charge in [-0.05, 0) is 41.8 Å². The zero-order chi connectivity index (χ0) is 16.2. The van der Waals surface area contributed by atoms with Crippen LogP contribution in [-0.4, -0.2) is 23.3 Å². The molecule has 2 aromatic carbocycles. The van der Waals surface area contributed by atoms with Crippen LogP contribution in [0, 0.1) is 5.82 Å². The lowest BCUT2D eigenvalue weighted by atomic mass is 10.1. The molecule has 1 heterocycles. The number of carbonyl (C=O) groups is 1. The molecule has 0 fully saturated rings. The maximum Gasteiger partial charge on any atom is 0.358 e.